The minimum absolute atomic E-state index is 0.300. The van der Waals surface area contributed by atoms with Gasteiger partial charge in [0.2, 0.25) is 0 Å². The molecule has 0 saturated carbocycles. The first-order valence-electron chi connectivity index (χ1n) is 9.91. The number of morpholine rings is 1. The maximum atomic E-state index is 5.95. The summed E-state index contributed by atoms with van der Waals surface area (Å²) in [5.41, 5.74) is 10.8. The van der Waals surface area contributed by atoms with Gasteiger partial charge in [0, 0.05) is 43.0 Å². The van der Waals surface area contributed by atoms with Crippen molar-refractivity contribution in [3.63, 3.8) is 0 Å². The average Bonchev–Trinajstić information content (AvgIpc) is 3.00. The van der Waals surface area contributed by atoms with Gasteiger partial charge in [-0.15, -0.1) is 0 Å². The molecule has 2 aliphatic carbocycles. The number of nitrogens with one attached hydrogen (secondary N) is 1. The minimum Gasteiger partial charge on any atom is -0.381 e. The second-order valence-corrected chi connectivity index (χ2v) is 8.14. The molecule has 2 heterocycles. The molecule has 0 aromatic heterocycles. The molecule has 25 heavy (non-hydrogen) atoms. The van der Waals surface area contributed by atoms with Crippen molar-refractivity contribution in [2.24, 2.45) is 0 Å². The maximum absolute atomic E-state index is 5.95. The lowest BCUT2D eigenvalue weighted by Crippen LogP contribution is -2.45. The minimum atomic E-state index is 0.300. The van der Waals surface area contributed by atoms with E-state index in [9.17, 15) is 0 Å². The molecule has 1 fully saturated rings. The SMILES string of the molecule is CC1CN(c2cccc3c2CC2=C3NCC3=C2CCCC3)CC(C)O1. The van der Waals surface area contributed by atoms with Gasteiger partial charge in [0.25, 0.3) is 0 Å². The van der Waals surface area contributed by atoms with E-state index in [0.717, 1.165) is 26.1 Å². The van der Waals surface area contributed by atoms with E-state index in [4.69, 9.17) is 4.74 Å². The first-order valence-corrected chi connectivity index (χ1v) is 9.91. The van der Waals surface area contributed by atoms with Crippen LogP contribution in [0.4, 0.5) is 5.69 Å². The number of allylic oxidation sites excluding steroid dienone is 2. The lowest BCUT2D eigenvalue weighted by Gasteiger charge is -2.38. The number of hydrogen-bond acceptors (Lipinski definition) is 3. The number of rotatable bonds is 1. The van der Waals surface area contributed by atoms with Crippen LogP contribution in [-0.2, 0) is 11.2 Å². The molecular weight excluding hydrogens is 308 g/mol. The van der Waals surface area contributed by atoms with Gasteiger partial charge in [0.15, 0.2) is 0 Å². The third-order valence-electron chi connectivity index (χ3n) is 6.26. The smallest absolute Gasteiger partial charge is 0.0726 e. The summed E-state index contributed by atoms with van der Waals surface area (Å²) in [6.45, 7) is 7.43. The lowest BCUT2D eigenvalue weighted by molar-refractivity contribution is -0.00525. The van der Waals surface area contributed by atoms with E-state index in [0.29, 0.717) is 12.2 Å². The van der Waals surface area contributed by atoms with Crippen molar-refractivity contribution >= 4 is 11.4 Å². The fourth-order valence-corrected chi connectivity index (χ4v) is 5.28. The van der Waals surface area contributed by atoms with E-state index >= 15 is 0 Å². The summed E-state index contributed by atoms with van der Waals surface area (Å²) < 4.78 is 5.95. The monoisotopic (exact) mass is 336 g/mol. The molecule has 2 aliphatic heterocycles. The Hall–Kier alpha value is -1.74. The summed E-state index contributed by atoms with van der Waals surface area (Å²) in [6, 6.07) is 6.87. The standard InChI is InChI=1S/C22H28N2O/c1-14-12-24(13-15(2)25-14)21-9-5-8-18-19(21)10-20-17-7-4-3-6-16(17)11-23-22(18)20/h5,8-9,14-15,23H,3-4,6-7,10-13H2,1-2H3. The van der Waals surface area contributed by atoms with Crippen molar-refractivity contribution in [1.82, 2.24) is 5.32 Å². The van der Waals surface area contributed by atoms with E-state index in [2.05, 4.69) is 42.3 Å². The zero-order chi connectivity index (χ0) is 17.0. The number of hydrogen-bond donors (Lipinski definition) is 1. The molecule has 2 atom stereocenters. The number of benzene rings is 1. The average molecular weight is 336 g/mol. The Morgan fingerprint density at radius 2 is 1.84 bits per heavy atom. The predicted octanol–water partition coefficient (Wildman–Crippen LogP) is 4.04. The summed E-state index contributed by atoms with van der Waals surface area (Å²) in [7, 11) is 0. The van der Waals surface area contributed by atoms with Gasteiger partial charge in [0.1, 0.15) is 0 Å². The summed E-state index contributed by atoms with van der Waals surface area (Å²) >= 11 is 0. The fraction of sp³-hybridized carbons (Fsp3) is 0.545. The summed E-state index contributed by atoms with van der Waals surface area (Å²) in [5.74, 6) is 0. The van der Waals surface area contributed by atoms with E-state index in [1.54, 1.807) is 16.7 Å². The highest BCUT2D eigenvalue weighted by molar-refractivity contribution is 5.84. The molecule has 1 saturated heterocycles. The number of dihydropyridines is 1. The van der Waals surface area contributed by atoms with E-state index < -0.39 is 0 Å². The van der Waals surface area contributed by atoms with E-state index in [-0.39, 0.29) is 0 Å². The van der Waals surface area contributed by atoms with Crippen molar-refractivity contribution in [3.8, 4) is 0 Å². The molecular formula is C22H28N2O. The molecule has 0 bridgehead atoms. The normalized spacial score (nSPS) is 28.5. The van der Waals surface area contributed by atoms with Gasteiger partial charge in [-0.2, -0.15) is 0 Å². The Balaban J connectivity index is 1.52. The molecule has 0 radical (unpaired) electrons. The third kappa shape index (κ3) is 2.52. The van der Waals surface area contributed by atoms with Crippen LogP contribution in [0.1, 0.15) is 50.7 Å². The Bertz CT molecular complexity index is 766. The summed E-state index contributed by atoms with van der Waals surface area (Å²) in [4.78, 5) is 2.55. The number of fused-ring (bicyclic) bond motifs is 3. The van der Waals surface area contributed by atoms with Crippen LogP contribution >= 0.6 is 0 Å². The van der Waals surface area contributed by atoms with Crippen LogP contribution in [0.15, 0.2) is 34.9 Å². The maximum Gasteiger partial charge on any atom is 0.0726 e. The van der Waals surface area contributed by atoms with Crippen LogP contribution < -0.4 is 10.2 Å². The van der Waals surface area contributed by atoms with Crippen molar-refractivity contribution in [1.29, 1.82) is 0 Å². The zero-order valence-electron chi connectivity index (χ0n) is 15.4. The van der Waals surface area contributed by atoms with Gasteiger partial charge in [-0.1, -0.05) is 12.1 Å². The highest BCUT2D eigenvalue weighted by Crippen LogP contribution is 2.45. The topological polar surface area (TPSA) is 24.5 Å². The van der Waals surface area contributed by atoms with Crippen molar-refractivity contribution in [2.45, 2.75) is 58.2 Å². The Morgan fingerprint density at radius 1 is 1.04 bits per heavy atom. The quantitative estimate of drug-likeness (QED) is 0.837. The second-order valence-electron chi connectivity index (χ2n) is 8.14. The van der Waals surface area contributed by atoms with Crippen LogP contribution in [0.3, 0.4) is 0 Å². The number of ether oxygens (including phenoxy) is 1. The highest BCUT2D eigenvalue weighted by atomic mass is 16.5. The van der Waals surface area contributed by atoms with Crippen molar-refractivity contribution in [2.75, 3.05) is 24.5 Å². The Morgan fingerprint density at radius 3 is 2.68 bits per heavy atom. The van der Waals surface area contributed by atoms with Gasteiger partial charge in [0.05, 0.1) is 12.2 Å². The first kappa shape index (κ1) is 15.5. The van der Waals surface area contributed by atoms with Crippen LogP contribution in [0.5, 0.6) is 0 Å². The molecule has 2 unspecified atom stereocenters. The highest BCUT2D eigenvalue weighted by Gasteiger charge is 2.33. The van der Waals surface area contributed by atoms with Crippen LogP contribution in [0.25, 0.3) is 5.70 Å². The van der Waals surface area contributed by atoms with Crippen LogP contribution in [-0.4, -0.2) is 31.8 Å². The van der Waals surface area contributed by atoms with Crippen LogP contribution in [0.2, 0.25) is 0 Å². The zero-order valence-corrected chi connectivity index (χ0v) is 15.4. The molecule has 1 aromatic rings. The Labute approximate surface area is 150 Å². The number of anilines is 1. The third-order valence-corrected chi connectivity index (χ3v) is 6.26. The second kappa shape index (κ2) is 5.91. The summed E-state index contributed by atoms with van der Waals surface area (Å²) in [6.07, 6.45) is 7.00. The molecule has 1 aromatic carbocycles. The summed E-state index contributed by atoms with van der Waals surface area (Å²) in [5, 5.41) is 3.76. The van der Waals surface area contributed by atoms with Gasteiger partial charge in [-0.3, -0.25) is 0 Å². The molecule has 3 nitrogen and oxygen atoms in total. The van der Waals surface area contributed by atoms with Crippen LogP contribution in [0, 0.1) is 0 Å². The number of nitrogens with zero attached hydrogens (tertiary/aromatic N) is 1. The van der Waals surface area contributed by atoms with Gasteiger partial charge >= 0.3 is 0 Å². The molecule has 132 valence electrons. The van der Waals surface area contributed by atoms with Crippen molar-refractivity contribution < 1.29 is 4.74 Å². The van der Waals surface area contributed by atoms with Gasteiger partial charge < -0.3 is 15.0 Å². The molecule has 0 spiro atoms. The van der Waals surface area contributed by atoms with Gasteiger partial charge in [-0.25, -0.2) is 0 Å². The molecule has 5 rings (SSSR count). The molecule has 3 heteroatoms. The largest absolute Gasteiger partial charge is 0.381 e. The van der Waals surface area contributed by atoms with E-state index in [1.165, 1.54) is 48.2 Å². The molecule has 4 aliphatic rings. The first-order chi connectivity index (χ1) is 12.2. The predicted molar refractivity (Wildman–Crippen MR) is 103 cm³/mol. The lowest BCUT2D eigenvalue weighted by atomic mass is 9.84. The van der Waals surface area contributed by atoms with E-state index in [1.807, 2.05) is 0 Å². The Kier molecular flexibility index (Phi) is 3.67. The molecule has 1 N–H and O–H groups in total. The van der Waals surface area contributed by atoms with Gasteiger partial charge in [-0.05, 0) is 67.9 Å². The molecule has 0 amide bonds. The fourth-order valence-electron chi connectivity index (χ4n) is 5.28. The van der Waals surface area contributed by atoms with Crippen molar-refractivity contribution in [3.05, 3.63) is 46.0 Å².